The fourth-order valence-corrected chi connectivity index (χ4v) is 3.62. The first kappa shape index (κ1) is 11.0. The first-order chi connectivity index (χ1) is 9.24. The lowest BCUT2D eigenvalue weighted by Gasteiger charge is -2.29. The Bertz CT molecular complexity index is 662. The van der Waals surface area contributed by atoms with Gasteiger partial charge in [-0.25, -0.2) is 0 Å². The lowest BCUT2D eigenvalue weighted by molar-refractivity contribution is 0.101. The molecule has 0 heterocycles. The molecule has 0 aromatic heterocycles. The second kappa shape index (κ2) is 3.80. The minimum absolute atomic E-state index is 0.184. The first-order valence-electron chi connectivity index (χ1n) is 7.02. The Morgan fingerprint density at radius 1 is 0.842 bits per heavy atom. The summed E-state index contributed by atoms with van der Waals surface area (Å²) in [7, 11) is 0. The number of Topliss-reactive ketones (excluding diaryl/α,β-unsaturated/α-hetero) is 1. The fraction of sp³-hybridized carbons (Fsp3) is 0.278. The van der Waals surface area contributed by atoms with Gasteiger partial charge in [-0.1, -0.05) is 18.2 Å². The van der Waals surface area contributed by atoms with E-state index in [4.69, 9.17) is 0 Å². The van der Waals surface area contributed by atoms with Crippen molar-refractivity contribution in [2.45, 2.75) is 32.6 Å². The van der Waals surface area contributed by atoms with Gasteiger partial charge in [0.15, 0.2) is 5.78 Å². The number of benzene rings is 2. The monoisotopic (exact) mass is 248 g/mol. The summed E-state index contributed by atoms with van der Waals surface area (Å²) in [5.74, 6) is 0.184. The molecule has 1 nitrogen and oxygen atoms in total. The Morgan fingerprint density at radius 2 is 1.32 bits per heavy atom. The summed E-state index contributed by atoms with van der Waals surface area (Å²) in [4.78, 5) is 11.7. The van der Waals surface area contributed by atoms with Crippen molar-refractivity contribution in [2.75, 3.05) is 0 Å². The van der Waals surface area contributed by atoms with E-state index in [0.717, 1.165) is 31.2 Å². The van der Waals surface area contributed by atoms with Crippen LogP contribution in [-0.2, 0) is 25.7 Å². The van der Waals surface area contributed by atoms with Crippen LogP contribution in [0, 0.1) is 0 Å². The summed E-state index contributed by atoms with van der Waals surface area (Å²) in [6, 6.07) is 10.9. The van der Waals surface area contributed by atoms with E-state index in [9.17, 15) is 4.79 Å². The third-order valence-electron chi connectivity index (χ3n) is 4.52. The molecule has 0 bridgehead atoms. The smallest absolute Gasteiger partial charge is 0.159 e. The van der Waals surface area contributed by atoms with Crippen LogP contribution in [0.25, 0.3) is 11.1 Å². The van der Waals surface area contributed by atoms with E-state index in [0.29, 0.717) is 0 Å². The van der Waals surface area contributed by atoms with Crippen molar-refractivity contribution in [2.24, 2.45) is 0 Å². The van der Waals surface area contributed by atoms with Crippen LogP contribution >= 0.6 is 0 Å². The zero-order valence-corrected chi connectivity index (χ0v) is 11.1. The van der Waals surface area contributed by atoms with Gasteiger partial charge in [-0.2, -0.15) is 0 Å². The second-order valence-corrected chi connectivity index (χ2v) is 5.68. The highest BCUT2D eigenvalue weighted by Crippen LogP contribution is 2.42. The second-order valence-electron chi connectivity index (χ2n) is 5.68. The van der Waals surface area contributed by atoms with Crippen LogP contribution in [-0.4, -0.2) is 5.78 Å². The lowest BCUT2D eigenvalue weighted by Crippen LogP contribution is -2.15. The molecule has 0 fully saturated rings. The maximum Gasteiger partial charge on any atom is 0.159 e. The van der Waals surface area contributed by atoms with Gasteiger partial charge in [0.2, 0.25) is 0 Å². The molecule has 0 unspecified atom stereocenters. The molecular formula is C18H16O. The molecule has 4 rings (SSSR count). The van der Waals surface area contributed by atoms with Crippen molar-refractivity contribution in [1.82, 2.24) is 0 Å². The van der Waals surface area contributed by atoms with Gasteiger partial charge in [0.1, 0.15) is 0 Å². The third-order valence-corrected chi connectivity index (χ3v) is 4.52. The number of hydrogen-bond donors (Lipinski definition) is 0. The molecule has 0 saturated heterocycles. The van der Waals surface area contributed by atoms with Crippen LogP contribution in [0.2, 0.25) is 0 Å². The molecule has 2 aromatic rings. The van der Waals surface area contributed by atoms with E-state index < -0.39 is 0 Å². The summed E-state index contributed by atoms with van der Waals surface area (Å²) in [5.41, 5.74) is 9.53. The fourth-order valence-electron chi connectivity index (χ4n) is 3.62. The van der Waals surface area contributed by atoms with Crippen molar-refractivity contribution in [3.63, 3.8) is 0 Å². The first-order valence-corrected chi connectivity index (χ1v) is 7.02. The van der Waals surface area contributed by atoms with E-state index in [-0.39, 0.29) is 5.78 Å². The SMILES string of the molecule is CC(=O)c1cc2c3c(c1)CCc1cccc(c1-3)CC2. The highest BCUT2D eigenvalue weighted by molar-refractivity contribution is 5.96. The minimum Gasteiger partial charge on any atom is -0.295 e. The van der Waals surface area contributed by atoms with Gasteiger partial charge >= 0.3 is 0 Å². The van der Waals surface area contributed by atoms with Crippen LogP contribution < -0.4 is 0 Å². The van der Waals surface area contributed by atoms with Crippen molar-refractivity contribution >= 4 is 5.78 Å². The van der Waals surface area contributed by atoms with Crippen LogP contribution in [0.5, 0.6) is 0 Å². The predicted octanol–water partition coefficient (Wildman–Crippen LogP) is 3.75. The summed E-state index contributed by atoms with van der Waals surface area (Å²) < 4.78 is 0. The van der Waals surface area contributed by atoms with Gasteiger partial charge in [0.25, 0.3) is 0 Å². The van der Waals surface area contributed by atoms with Crippen molar-refractivity contribution in [1.29, 1.82) is 0 Å². The van der Waals surface area contributed by atoms with Gasteiger partial charge in [-0.3, -0.25) is 4.79 Å². The molecule has 94 valence electrons. The number of carbonyl (C=O) groups is 1. The van der Waals surface area contributed by atoms with Gasteiger partial charge in [-0.05, 0) is 78.1 Å². The predicted molar refractivity (Wildman–Crippen MR) is 76.7 cm³/mol. The van der Waals surface area contributed by atoms with E-state index in [1.165, 1.54) is 33.4 Å². The quantitative estimate of drug-likeness (QED) is 0.702. The Hall–Kier alpha value is -1.89. The largest absolute Gasteiger partial charge is 0.295 e. The number of rotatable bonds is 1. The number of aryl methyl sites for hydroxylation is 4. The number of hydrogen-bond acceptors (Lipinski definition) is 1. The average Bonchev–Trinajstić information content (AvgIpc) is 2.44. The molecule has 0 radical (unpaired) electrons. The summed E-state index contributed by atoms with van der Waals surface area (Å²) in [6.45, 7) is 1.67. The molecule has 19 heavy (non-hydrogen) atoms. The molecule has 2 aliphatic rings. The van der Waals surface area contributed by atoms with E-state index in [2.05, 4.69) is 30.3 Å². The summed E-state index contributed by atoms with van der Waals surface area (Å²) >= 11 is 0. The molecule has 0 spiro atoms. The van der Waals surface area contributed by atoms with Crippen molar-refractivity contribution in [3.05, 3.63) is 58.1 Å². The summed E-state index contributed by atoms with van der Waals surface area (Å²) in [5, 5.41) is 0. The number of ketones is 1. The normalized spacial score (nSPS) is 15.0. The maximum atomic E-state index is 11.7. The molecule has 2 aliphatic carbocycles. The van der Waals surface area contributed by atoms with Crippen molar-refractivity contribution in [3.8, 4) is 11.1 Å². The van der Waals surface area contributed by atoms with E-state index >= 15 is 0 Å². The van der Waals surface area contributed by atoms with Crippen LogP contribution in [0.1, 0.15) is 39.5 Å². The van der Waals surface area contributed by atoms with Crippen molar-refractivity contribution < 1.29 is 4.79 Å². The third kappa shape index (κ3) is 1.51. The Kier molecular flexibility index (Phi) is 2.20. The van der Waals surface area contributed by atoms with E-state index in [1.54, 1.807) is 6.92 Å². The Balaban J connectivity index is 2.05. The van der Waals surface area contributed by atoms with Gasteiger partial charge in [0, 0.05) is 5.56 Å². The molecule has 1 heteroatoms. The Morgan fingerprint density at radius 3 is 1.84 bits per heavy atom. The minimum atomic E-state index is 0.184. The Labute approximate surface area is 113 Å². The highest BCUT2D eigenvalue weighted by Gasteiger charge is 2.26. The van der Waals surface area contributed by atoms with E-state index in [1.807, 2.05) is 0 Å². The van der Waals surface area contributed by atoms with Crippen LogP contribution in [0.4, 0.5) is 0 Å². The van der Waals surface area contributed by atoms with Gasteiger partial charge < -0.3 is 0 Å². The standard InChI is InChI=1S/C18H16O/c1-11(19)16-9-14-7-5-12-3-2-4-13-6-8-15(10-16)18(14)17(12)13/h2-4,9-10H,5-8H2,1H3. The maximum absolute atomic E-state index is 11.7. The molecule has 0 N–H and O–H groups in total. The summed E-state index contributed by atoms with van der Waals surface area (Å²) in [6.07, 6.45) is 4.35. The molecule has 0 atom stereocenters. The molecule has 0 amide bonds. The zero-order valence-electron chi connectivity index (χ0n) is 11.1. The topological polar surface area (TPSA) is 17.1 Å². The van der Waals surface area contributed by atoms with Crippen LogP contribution in [0.15, 0.2) is 30.3 Å². The van der Waals surface area contributed by atoms with Gasteiger partial charge in [-0.15, -0.1) is 0 Å². The molecular weight excluding hydrogens is 232 g/mol. The molecule has 0 saturated carbocycles. The lowest BCUT2D eigenvalue weighted by atomic mass is 9.75. The van der Waals surface area contributed by atoms with Gasteiger partial charge in [0.05, 0.1) is 0 Å². The number of carbonyl (C=O) groups excluding carboxylic acids is 1. The average molecular weight is 248 g/mol. The highest BCUT2D eigenvalue weighted by atomic mass is 16.1. The molecule has 2 aromatic carbocycles. The zero-order chi connectivity index (χ0) is 13.0. The van der Waals surface area contributed by atoms with Crippen LogP contribution in [0.3, 0.4) is 0 Å². The molecule has 0 aliphatic heterocycles.